The summed E-state index contributed by atoms with van der Waals surface area (Å²) in [4.78, 5) is 34.4. The summed E-state index contributed by atoms with van der Waals surface area (Å²) in [7, 11) is 0. The van der Waals surface area contributed by atoms with Gasteiger partial charge in [0.25, 0.3) is 5.56 Å². The summed E-state index contributed by atoms with van der Waals surface area (Å²) >= 11 is 0. The fourth-order valence-corrected chi connectivity index (χ4v) is 3.03. The molecule has 0 saturated heterocycles. The van der Waals surface area contributed by atoms with Crippen molar-refractivity contribution < 1.29 is 0 Å². The zero-order valence-corrected chi connectivity index (χ0v) is 15.4. The Morgan fingerprint density at radius 1 is 0.893 bits per heavy atom. The van der Waals surface area contributed by atoms with Crippen LogP contribution >= 0.6 is 0 Å². The van der Waals surface area contributed by atoms with Gasteiger partial charge in [0.2, 0.25) is 0 Å². The summed E-state index contributed by atoms with van der Waals surface area (Å²) in [5.41, 5.74) is 0.267. The van der Waals surface area contributed by atoms with Gasteiger partial charge in [-0.3, -0.25) is 4.79 Å². The fourth-order valence-electron chi connectivity index (χ4n) is 3.03. The van der Waals surface area contributed by atoms with E-state index >= 15 is 0 Å². The molecule has 28 heavy (non-hydrogen) atoms. The maximum absolute atomic E-state index is 13.2. The molecule has 0 unspecified atom stereocenters. The van der Waals surface area contributed by atoms with Crippen molar-refractivity contribution in [3.8, 4) is 28.6 Å². The number of benzene rings is 2. The van der Waals surface area contributed by atoms with Crippen molar-refractivity contribution in [2.75, 3.05) is 0 Å². The van der Waals surface area contributed by atoms with Crippen LogP contribution < -0.4 is 11.2 Å². The third kappa shape index (κ3) is 3.22. The lowest BCUT2D eigenvalue weighted by Crippen LogP contribution is -2.38. The minimum atomic E-state index is -0.634. The Morgan fingerprint density at radius 3 is 2.25 bits per heavy atom. The second-order valence-electron chi connectivity index (χ2n) is 6.42. The molecule has 2 aliphatic rings. The van der Waals surface area contributed by atoms with Gasteiger partial charge >= 0.3 is 5.69 Å². The minimum absolute atomic E-state index is 0.133. The van der Waals surface area contributed by atoms with E-state index in [1.165, 1.54) is 0 Å². The second kappa shape index (κ2) is 7.56. The number of aryl methyl sites for hydroxylation is 1. The van der Waals surface area contributed by atoms with Crippen molar-refractivity contribution in [1.29, 1.82) is 0 Å². The number of hydrogen-bond donors (Lipinski definition) is 0. The maximum atomic E-state index is 13.2. The first kappa shape index (κ1) is 17.8. The molecule has 0 N–H and O–H groups in total. The van der Waals surface area contributed by atoms with E-state index in [1.54, 1.807) is 28.9 Å². The highest BCUT2D eigenvalue weighted by Gasteiger charge is 2.22. The van der Waals surface area contributed by atoms with Crippen molar-refractivity contribution in [2.24, 2.45) is 0 Å². The average molecular weight is 373 g/mol. The molecule has 0 spiro atoms. The number of para-hydroxylation sites is 1. The molecule has 0 radical (unpaired) electrons. The highest BCUT2D eigenvalue weighted by Crippen LogP contribution is 2.19. The summed E-state index contributed by atoms with van der Waals surface area (Å²) in [5, 5.41) is 4.55. The summed E-state index contributed by atoms with van der Waals surface area (Å²) in [6.07, 6.45) is 1.80. The first-order valence-corrected chi connectivity index (χ1v) is 9.22. The van der Waals surface area contributed by atoms with E-state index < -0.39 is 11.2 Å². The molecule has 2 heterocycles. The third-order valence-corrected chi connectivity index (χ3v) is 4.46. The summed E-state index contributed by atoms with van der Waals surface area (Å²) in [6.45, 7) is 2.62. The van der Waals surface area contributed by atoms with Gasteiger partial charge in [0.05, 0.1) is 5.69 Å². The molecule has 0 amide bonds. The van der Waals surface area contributed by atoms with Crippen LogP contribution in [0.4, 0.5) is 0 Å². The number of nitrogens with zero attached hydrogens (tertiary/aromatic N) is 5. The van der Waals surface area contributed by atoms with Crippen LogP contribution in [0.15, 0.2) is 70.3 Å². The molecule has 140 valence electrons. The van der Waals surface area contributed by atoms with Crippen LogP contribution in [0.2, 0.25) is 0 Å². The molecule has 7 nitrogen and oxygen atoms in total. The van der Waals surface area contributed by atoms with Gasteiger partial charge in [-0.2, -0.15) is 10.1 Å². The Hall–Kier alpha value is -3.61. The van der Waals surface area contributed by atoms with E-state index in [-0.39, 0.29) is 11.5 Å². The Labute approximate surface area is 161 Å². The summed E-state index contributed by atoms with van der Waals surface area (Å²) in [5.74, 6) is 0.650. The zero-order valence-electron chi connectivity index (χ0n) is 15.4. The Kier molecular flexibility index (Phi) is 4.80. The number of fused-ring (bicyclic) bond motifs is 1. The van der Waals surface area contributed by atoms with Crippen molar-refractivity contribution >= 4 is 0 Å². The van der Waals surface area contributed by atoms with Crippen LogP contribution in [0.1, 0.15) is 19.8 Å². The molecule has 0 bridgehead atoms. The first-order chi connectivity index (χ1) is 13.7. The van der Waals surface area contributed by atoms with E-state index in [2.05, 4.69) is 22.0 Å². The normalized spacial score (nSPS) is 11.0. The van der Waals surface area contributed by atoms with Crippen molar-refractivity contribution in [3.63, 3.8) is 0 Å². The first-order valence-electron chi connectivity index (χ1n) is 9.22. The Morgan fingerprint density at radius 2 is 1.57 bits per heavy atom. The summed E-state index contributed by atoms with van der Waals surface area (Å²) < 4.78 is 2.67. The lowest BCUT2D eigenvalue weighted by Gasteiger charge is -2.15. The van der Waals surface area contributed by atoms with Gasteiger partial charge < -0.3 is 0 Å². The molecular weight excluding hydrogens is 354 g/mol. The highest BCUT2D eigenvalue weighted by atomic mass is 16.2. The molecular formula is C21H19N5O2. The molecule has 0 aromatic heterocycles. The molecule has 2 aromatic rings. The van der Waals surface area contributed by atoms with E-state index in [0.29, 0.717) is 18.1 Å². The standard InChI is InChI=1S/C21H19N5O2/c1-2-3-14-25-19-17(22-18(24-25)15-10-6-4-7-11-15)20(27)26(21(28)23-19)16-12-8-5-9-13-16/h4-13H,2-3,14H2,1H3. The summed E-state index contributed by atoms with van der Waals surface area (Å²) in [6, 6.07) is 18.2. The quantitative estimate of drug-likeness (QED) is 0.537. The largest absolute Gasteiger partial charge is 0.357 e. The van der Waals surface area contributed by atoms with E-state index in [0.717, 1.165) is 23.0 Å². The van der Waals surface area contributed by atoms with Gasteiger partial charge in [0.15, 0.2) is 17.3 Å². The van der Waals surface area contributed by atoms with Crippen LogP contribution in [-0.2, 0) is 6.54 Å². The van der Waals surface area contributed by atoms with Gasteiger partial charge in [-0.1, -0.05) is 61.9 Å². The van der Waals surface area contributed by atoms with Gasteiger partial charge in [0.1, 0.15) is 0 Å². The van der Waals surface area contributed by atoms with Crippen molar-refractivity contribution in [2.45, 2.75) is 26.3 Å². The van der Waals surface area contributed by atoms with Crippen LogP contribution in [0.5, 0.6) is 0 Å². The zero-order chi connectivity index (χ0) is 19.5. The average Bonchev–Trinajstić information content (AvgIpc) is 2.73. The van der Waals surface area contributed by atoms with Gasteiger partial charge in [-0.25, -0.2) is 19.0 Å². The second-order valence-corrected chi connectivity index (χ2v) is 6.42. The fraction of sp³-hybridized carbons (Fsp3) is 0.190. The highest BCUT2D eigenvalue weighted by molar-refractivity contribution is 5.59. The van der Waals surface area contributed by atoms with Gasteiger partial charge in [-0.05, 0) is 18.6 Å². The van der Waals surface area contributed by atoms with Crippen LogP contribution in [0.25, 0.3) is 28.6 Å². The number of unbranched alkanes of at least 4 members (excludes halogenated alkanes) is 1. The molecule has 4 rings (SSSR count). The van der Waals surface area contributed by atoms with Crippen molar-refractivity contribution in [3.05, 3.63) is 81.5 Å². The van der Waals surface area contributed by atoms with Gasteiger partial charge in [-0.15, -0.1) is 0 Å². The predicted octanol–water partition coefficient (Wildman–Crippen LogP) is 2.76. The van der Waals surface area contributed by atoms with Gasteiger partial charge in [0, 0.05) is 12.1 Å². The van der Waals surface area contributed by atoms with Crippen LogP contribution in [-0.4, -0.2) is 24.3 Å². The van der Waals surface area contributed by atoms with E-state index in [1.807, 2.05) is 36.4 Å². The maximum Gasteiger partial charge on any atom is 0.357 e. The van der Waals surface area contributed by atoms with Crippen molar-refractivity contribution in [1.82, 2.24) is 24.3 Å². The lowest BCUT2D eigenvalue weighted by atomic mass is 10.2. The predicted molar refractivity (Wildman–Crippen MR) is 107 cm³/mol. The van der Waals surface area contributed by atoms with Crippen LogP contribution in [0, 0.1) is 0 Å². The lowest BCUT2D eigenvalue weighted by molar-refractivity contribution is 0.549. The molecule has 0 saturated carbocycles. The van der Waals surface area contributed by atoms with Crippen LogP contribution in [0.3, 0.4) is 0 Å². The SMILES string of the molecule is CCCCn1nc(-c2ccccc2)nc2c(=O)n(-c3ccccc3)c(=O)nc1-2. The molecule has 0 aliphatic carbocycles. The monoisotopic (exact) mass is 373 g/mol. The number of hydrogen-bond acceptors (Lipinski definition) is 5. The Balaban J connectivity index is 2.01. The minimum Gasteiger partial charge on any atom is -0.266 e. The molecule has 7 heteroatoms. The number of aromatic nitrogens is 5. The van der Waals surface area contributed by atoms with E-state index in [4.69, 9.17) is 0 Å². The number of rotatable bonds is 5. The molecule has 0 atom stereocenters. The molecule has 0 fully saturated rings. The smallest absolute Gasteiger partial charge is 0.266 e. The third-order valence-electron chi connectivity index (χ3n) is 4.46. The Bertz CT molecular complexity index is 1180. The molecule has 2 aliphatic heterocycles. The van der Waals surface area contributed by atoms with E-state index in [9.17, 15) is 9.59 Å². The topological polar surface area (TPSA) is 82.7 Å². The molecule has 2 aromatic carbocycles.